The van der Waals surface area contributed by atoms with E-state index >= 15 is 0 Å². The zero-order valence-electron chi connectivity index (χ0n) is 14.2. The van der Waals surface area contributed by atoms with Crippen molar-refractivity contribution >= 4 is 24.3 Å². The highest BCUT2D eigenvalue weighted by molar-refractivity contribution is 6.21. The topological polar surface area (TPSA) is 84.0 Å². The van der Waals surface area contributed by atoms with Gasteiger partial charge in [0.1, 0.15) is 0 Å². The van der Waals surface area contributed by atoms with Crippen molar-refractivity contribution in [1.82, 2.24) is 10.6 Å². The molecule has 0 spiro atoms. The molecule has 0 saturated carbocycles. The van der Waals surface area contributed by atoms with Crippen LogP contribution < -0.4 is 16.4 Å². The molecule has 0 aromatic rings. The second-order valence-corrected chi connectivity index (χ2v) is 6.48. The lowest BCUT2D eigenvalue weighted by Gasteiger charge is -2.28. The summed E-state index contributed by atoms with van der Waals surface area (Å²) in [6.07, 6.45) is -0.393. The van der Waals surface area contributed by atoms with Crippen LogP contribution >= 0.6 is 11.6 Å². The largest absolute Gasteiger partial charge is 0.426 e. The van der Waals surface area contributed by atoms with Crippen molar-refractivity contribution in [3.8, 4) is 0 Å². The minimum atomic E-state index is -3.42. The highest BCUT2D eigenvalue weighted by Crippen LogP contribution is 2.27. The van der Waals surface area contributed by atoms with Crippen LogP contribution in [-0.4, -0.2) is 31.0 Å². The van der Waals surface area contributed by atoms with Crippen LogP contribution in [0.25, 0.3) is 0 Å². The van der Waals surface area contributed by atoms with Gasteiger partial charge in [0, 0.05) is 12.4 Å². The fourth-order valence-corrected chi connectivity index (χ4v) is 1.71. The van der Waals surface area contributed by atoms with Gasteiger partial charge in [0.15, 0.2) is 0 Å². The minimum Gasteiger partial charge on any atom is -0.426 e. The molecule has 0 heterocycles. The molecule has 23 heavy (non-hydrogen) atoms. The van der Waals surface area contributed by atoms with Gasteiger partial charge in [0.05, 0.1) is 6.54 Å². The van der Waals surface area contributed by atoms with E-state index in [0.29, 0.717) is 6.42 Å². The van der Waals surface area contributed by atoms with E-state index in [1.807, 2.05) is 34.6 Å². The first-order valence-corrected chi connectivity index (χ1v) is 7.51. The second-order valence-electron chi connectivity index (χ2n) is 5.93. The van der Waals surface area contributed by atoms with E-state index in [-0.39, 0.29) is 11.4 Å². The first-order chi connectivity index (χ1) is 10.4. The van der Waals surface area contributed by atoms with Gasteiger partial charge in [-0.25, -0.2) is 0 Å². The van der Waals surface area contributed by atoms with Crippen molar-refractivity contribution in [2.45, 2.75) is 52.8 Å². The summed E-state index contributed by atoms with van der Waals surface area (Å²) < 4.78 is 30.9. The number of amidine groups is 1. The van der Waals surface area contributed by atoms with Gasteiger partial charge in [0.25, 0.3) is 0 Å². The number of ether oxygens (including phenoxy) is 1. The highest BCUT2D eigenvalue weighted by atomic mass is 35.5. The lowest BCUT2D eigenvalue weighted by Crippen LogP contribution is -2.49. The summed E-state index contributed by atoms with van der Waals surface area (Å²) in [6.45, 7) is 12.4. The van der Waals surface area contributed by atoms with E-state index in [4.69, 9.17) is 22.1 Å². The first-order valence-electron chi connectivity index (χ1n) is 7.13. The molecule has 4 N–H and O–H groups in total. The average molecular weight is 354 g/mol. The molecule has 134 valence electrons. The van der Waals surface area contributed by atoms with E-state index in [0.717, 1.165) is 11.3 Å². The van der Waals surface area contributed by atoms with Crippen molar-refractivity contribution in [3.63, 3.8) is 0 Å². The van der Waals surface area contributed by atoms with E-state index in [2.05, 4.69) is 27.6 Å². The van der Waals surface area contributed by atoms with E-state index in [1.165, 1.54) is 0 Å². The molecule has 0 aliphatic rings. The quantitative estimate of drug-likeness (QED) is 0.206. The van der Waals surface area contributed by atoms with Crippen molar-refractivity contribution in [3.05, 3.63) is 11.3 Å². The number of rotatable bonds is 8. The summed E-state index contributed by atoms with van der Waals surface area (Å²) >= 11 is 4.90. The second kappa shape index (κ2) is 9.02. The molecule has 0 saturated heterocycles. The number of hydrogen-bond donors (Lipinski definition) is 3. The molecule has 0 rings (SSSR count). The maximum absolute atomic E-state index is 12.9. The maximum Gasteiger partial charge on any atom is 0.334 e. The number of nitrogens with two attached hydrogens (primary N) is 1. The van der Waals surface area contributed by atoms with Gasteiger partial charge in [-0.15, -0.1) is 0 Å². The summed E-state index contributed by atoms with van der Waals surface area (Å²) in [5.74, 6) is 0. The van der Waals surface area contributed by atoms with Gasteiger partial charge >= 0.3 is 11.4 Å². The van der Waals surface area contributed by atoms with Gasteiger partial charge in [-0.3, -0.25) is 5.32 Å². The lowest BCUT2D eigenvalue weighted by molar-refractivity contribution is 0.0542. The number of nitrogens with zero attached hydrogens (tertiary/aromatic N) is 2. The van der Waals surface area contributed by atoms with Crippen LogP contribution in [0.15, 0.2) is 21.5 Å². The number of allylic oxidation sites excluding steroid dienone is 2. The van der Waals surface area contributed by atoms with Gasteiger partial charge in [-0.05, 0) is 35.9 Å². The zero-order chi connectivity index (χ0) is 18.3. The monoisotopic (exact) mass is 353 g/mol. The van der Waals surface area contributed by atoms with E-state index in [1.54, 1.807) is 0 Å². The molecular weight excluding hydrogens is 328 g/mol. The number of halogens is 3. The molecule has 1 unspecified atom stereocenters. The number of hydrogen-bond acceptors (Lipinski definition) is 5. The average Bonchev–Trinajstić information content (AvgIpc) is 2.39. The van der Waals surface area contributed by atoms with Gasteiger partial charge in [-0.1, -0.05) is 32.8 Å². The van der Waals surface area contributed by atoms with Crippen LogP contribution in [0.5, 0.6) is 0 Å². The van der Waals surface area contributed by atoms with Crippen LogP contribution in [0.1, 0.15) is 41.0 Å². The number of nitrogens with one attached hydrogen (secondary N) is 2. The van der Waals surface area contributed by atoms with Gasteiger partial charge in [-0.2, -0.15) is 13.9 Å². The molecule has 0 bridgehead atoms. The van der Waals surface area contributed by atoms with Crippen LogP contribution in [0.2, 0.25) is 0 Å². The van der Waals surface area contributed by atoms with Crippen LogP contribution in [0.4, 0.5) is 8.78 Å². The zero-order valence-corrected chi connectivity index (χ0v) is 15.0. The van der Waals surface area contributed by atoms with Gasteiger partial charge < -0.3 is 15.8 Å². The maximum atomic E-state index is 12.9. The molecule has 9 heteroatoms. The van der Waals surface area contributed by atoms with Crippen LogP contribution in [0.3, 0.4) is 0 Å². The molecule has 1 atom stereocenters. The SMILES string of the molecule is C=N/N=C(/N)OC(NCC(F)(F)Cl)N/C(CC)=C(/C)C(C)(C)C. The molecular formula is C14H26ClF2N5O. The summed E-state index contributed by atoms with van der Waals surface area (Å²) in [5.41, 5.74) is 7.29. The van der Waals surface area contributed by atoms with Crippen molar-refractivity contribution in [2.75, 3.05) is 6.54 Å². The van der Waals surface area contributed by atoms with E-state index in [9.17, 15) is 8.78 Å². The Balaban J connectivity index is 5.26. The Morgan fingerprint density at radius 1 is 1.39 bits per heavy atom. The first kappa shape index (κ1) is 21.6. The summed E-state index contributed by atoms with van der Waals surface area (Å²) in [6, 6.07) is -0.313. The minimum absolute atomic E-state index is 0.0956. The lowest BCUT2D eigenvalue weighted by atomic mass is 9.86. The third-order valence-electron chi connectivity index (χ3n) is 3.13. The normalized spacial score (nSPS) is 15.7. The fourth-order valence-electron chi connectivity index (χ4n) is 1.63. The Bertz CT molecular complexity index is 455. The smallest absolute Gasteiger partial charge is 0.334 e. The molecule has 0 aromatic heterocycles. The van der Waals surface area contributed by atoms with E-state index < -0.39 is 18.3 Å². The highest BCUT2D eigenvalue weighted by Gasteiger charge is 2.27. The number of alkyl halides is 3. The van der Waals surface area contributed by atoms with Gasteiger partial charge in [0.2, 0.25) is 6.35 Å². The molecule has 0 aromatic carbocycles. The Labute approximate surface area is 141 Å². The molecule has 0 aliphatic carbocycles. The third-order valence-corrected chi connectivity index (χ3v) is 3.27. The van der Waals surface area contributed by atoms with Crippen LogP contribution in [0, 0.1) is 5.41 Å². The Morgan fingerprint density at radius 3 is 2.35 bits per heavy atom. The molecule has 0 amide bonds. The Hall–Kier alpha value is -1.41. The summed E-state index contributed by atoms with van der Waals surface area (Å²) in [5, 5.41) is 8.66. The standard InChI is InChI=1S/C14H26ClF2N5O/c1-7-10(9(2)13(3,4)5)21-12(20-8-14(15,16)17)23-11(18)22-19-6/h12,20-21H,6-8H2,1-5H3,(H2,18,22)/b10-9-. The fraction of sp³-hybridized carbons (Fsp3) is 0.714. The summed E-state index contributed by atoms with van der Waals surface area (Å²) in [7, 11) is 0. The molecule has 6 nitrogen and oxygen atoms in total. The Kier molecular flexibility index (Phi) is 8.47. The summed E-state index contributed by atoms with van der Waals surface area (Å²) in [4.78, 5) is 0. The van der Waals surface area contributed by atoms with Crippen LogP contribution in [-0.2, 0) is 4.74 Å². The van der Waals surface area contributed by atoms with Crippen molar-refractivity contribution in [1.29, 1.82) is 0 Å². The predicted octanol–water partition coefficient (Wildman–Crippen LogP) is 2.96. The van der Waals surface area contributed by atoms with Crippen molar-refractivity contribution in [2.24, 2.45) is 21.4 Å². The third kappa shape index (κ3) is 9.35. The predicted molar refractivity (Wildman–Crippen MR) is 90.4 cm³/mol. The Morgan fingerprint density at radius 2 is 1.96 bits per heavy atom. The van der Waals surface area contributed by atoms with Crippen molar-refractivity contribution < 1.29 is 13.5 Å². The molecule has 0 radical (unpaired) electrons. The molecule has 0 fully saturated rings. The molecule has 0 aliphatic heterocycles.